The first kappa shape index (κ1) is 29.9. The van der Waals surface area contributed by atoms with Gasteiger partial charge in [0.25, 0.3) is 0 Å². The molecule has 9 aromatic carbocycles. The van der Waals surface area contributed by atoms with Crippen molar-refractivity contribution in [3.05, 3.63) is 188 Å². The minimum atomic E-state index is 0.824. The number of para-hydroxylation sites is 1. The summed E-state index contributed by atoms with van der Waals surface area (Å²) in [7, 11) is 0.824. The van der Waals surface area contributed by atoms with E-state index in [2.05, 4.69) is 198 Å². The van der Waals surface area contributed by atoms with E-state index in [-0.39, 0.29) is 0 Å². The molecule has 246 valence electrons. The first-order valence-corrected chi connectivity index (χ1v) is 18.4. The number of rotatable bonds is 4. The normalized spacial score (nSPS) is 12.3. The summed E-state index contributed by atoms with van der Waals surface area (Å²) in [5, 5.41) is 7.51. The highest BCUT2D eigenvalue weighted by molar-refractivity contribution is 6.74. The lowest BCUT2D eigenvalue weighted by atomic mass is 9.57. The molecule has 0 unspecified atom stereocenters. The molecule has 53 heavy (non-hydrogen) atoms. The zero-order chi connectivity index (χ0) is 34.9. The van der Waals surface area contributed by atoms with Gasteiger partial charge in [-0.05, 0) is 91.2 Å². The lowest BCUT2D eigenvalue weighted by molar-refractivity contribution is 1.30. The molecule has 0 atom stereocenters. The number of fused-ring (bicyclic) bond motifs is 7. The molecule has 2 nitrogen and oxygen atoms in total. The fraction of sp³-hybridized carbons (Fsp3) is 0. The number of aromatic nitrogens is 1. The first-order valence-electron chi connectivity index (χ1n) is 18.4. The van der Waals surface area contributed by atoms with Crippen molar-refractivity contribution in [3.8, 4) is 33.4 Å². The van der Waals surface area contributed by atoms with Crippen molar-refractivity contribution in [1.29, 1.82) is 0 Å². The average Bonchev–Trinajstić information content (AvgIpc) is 3.59. The monoisotopic (exact) mass is 672 g/mol. The molecular formula is C50H33BN2. The summed E-state index contributed by atoms with van der Waals surface area (Å²) in [6.07, 6.45) is 0. The molecule has 0 aliphatic carbocycles. The second-order valence-corrected chi connectivity index (χ2v) is 14.2. The van der Waals surface area contributed by atoms with Gasteiger partial charge in [0.2, 0.25) is 0 Å². The number of aromatic amines is 1. The molecule has 1 N–H and O–H groups in total. The topological polar surface area (TPSA) is 19.0 Å². The Bertz CT molecular complexity index is 3020. The molecule has 10 aromatic rings. The van der Waals surface area contributed by atoms with Crippen molar-refractivity contribution in [2.24, 2.45) is 0 Å². The second kappa shape index (κ2) is 11.9. The van der Waals surface area contributed by atoms with Gasteiger partial charge < -0.3 is 9.88 Å². The van der Waals surface area contributed by atoms with Crippen LogP contribution in [-0.4, -0.2) is 12.3 Å². The maximum atomic E-state index is 3.91. The number of hydrogen-bond donors (Lipinski definition) is 1. The van der Waals surface area contributed by atoms with Crippen LogP contribution in [-0.2, 0) is 0 Å². The SMILES string of the molecule is B1c2cc(-c3ccccc3)ccc2N(c2ccc(-c3ccccc3)cc2)c2cc3ccccc3c(-c3cccc4c3[nH]c3cc5ccccc5cc34)c21. The number of nitrogens with one attached hydrogen (secondary N) is 1. The molecule has 0 fully saturated rings. The van der Waals surface area contributed by atoms with Crippen molar-refractivity contribution in [1.82, 2.24) is 4.98 Å². The van der Waals surface area contributed by atoms with Gasteiger partial charge >= 0.3 is 0 Å². The highest BCUT2D eigenvalue weighted by Crippen LogP contribution is 2.43. The summed E-state index contributed by atoms with van der Waals surface area (Å²) in [5.41, 5.74) is 16.0. The van der Waals surface area contributed by atoms with Crippen molar-refractivity contribution >= 4 is 78.6 Å². The van der Waals surface area contributed by atoms with Crippen LogP contribution in [0.15, 0.2) is 188 Å². The Balaban J connectivity index is 1.18. The number of H-pyrrole nitrogens is 1. The second-order valence-electron chi connectivity index (χ2n) is 14.2. The molecule has 0 saturated heterocycles. The molecule has 11 rings (SSSR count). The summed E-state index contributed by atoms with van der Waals surface area (Å²) >= 11 is 0. The van der Waals surface area contributed by atoms with E-state index >= 15 is 0 Å². The summed E-state index contributed by atoms with van der Waals surface area (Å²) in [5.74, 6) is 0. The van der Waals surface area contributed by atoms with Crippen molar-refractivity contribution in [2.45, 2.75) is 0 Å². The molecule has 2 heterocycles. The highest BCUT2D eigenvalue weighted by atomic mass is 15.1. The van der Waals surface area contributed by atoms with Gasteiger partial charge in [-0.1, -0.05) is 157 Å². The Kier molecular flexibility index (Phi) is 6.68. The Morgan fingerprint density at radius 2 is 1.04 bits per heavy atom. The van der Waals surface area contributed by atoms with E-state index in [1.54, 1.807) is 0 Å². The van der Waals surface area contributed by atoms with Crippen LogP contribution in [0.1, 0.15) is 0 Å². The number of hydrogen-bond acceptors (Lipinski definition) is 1. The van der Waals surface area contributed by atoms with Gasteiger partial charge in [-0.3, -0.25) is 0 Å². The molecular weight excluding hydrogens is 639 g/mol. The lowest BCUT2D eigenvalue weighted by Crippen LogP contribution is -2.41. The van der Waals surface area contributed by atoms with Crippen LogP contribution in [0, 0.1) is 0 Å². The Hall–Kier alpha value is -6.84. The van der Waals surface area contributed by atoms with Gasteiger partial charge in [0, 0.05) is 38.9 Å². The largest absolute Gasteiger partial charge is 0.354 e. The van der Waals surface area contributed by atoms with Crippen molar-refractivity contribution in [2.75, 3.05) is 4.90 Å². The highest BCUT2D eigenvalue weighted by Gasteiger charge is 2.30. The maximum absolute atomic E-state index is 3.91. The zero-order valence-corrected chi connectivity index (χ0v) is 29.1. The molecule has 1 aromatic heterocycles. The first-order chi connectivity index (χ1) is 26.3. The quantitative estimate of drug-likeness (QED) is 0.184. The number of benzene rings is 9. The smallest absolute Gasteiger partial charge is 0.198 e. The van der Waals surface area contributed by atoms with E-state index in [1.165, 1.54) is 99.0 Å². The minimum Gasteiger partial charge on any atom is -0.354 e. The predicted molar refractivity (Wildman–Crippen MR) is 228 cm³/mol. The van der Waals surface area contributed by atoms with Gasteiger partial charge in [-0.2, -0.15) is 0 Å². The van der Waals surface area contributed by atoms with Gasteiger partial charge in [-0.25, -0.2) is 0 Å². The molecule has 1 aliphatic heterocycles. The molecule has 0 bridgehead atoms. The predicted octanol–water partition coefficient (Wildman–Crippen LogP) is 11.8. The Morgan fingerprint density at radius 1 is 0.415 bits per heavy atom. The third-order valence-corrected chi connectivity index (χ3v) is 11.2. The third-order valence-electron chi connectivity index (χ3n) is 11.2. The third kappa shape index (κ3) is 4.82. The fourth-order valence-electron chi connectivity index (χ4n) is 8.67. The fourth-order valence-corrected chi connectivity index (χ4v) is 8.67. The van der Waals surface area contributed by atoms with E-state index in [0.29, 0.717) is 0 Å². The van der Waals surface area contributed by atoms with E-state index in [9.17, 15) is 0 Å². The molecule has 0 radical (unpaired) electrons. The van der Waals surface area contributed by atoms with Crippen LogP contribution in [0.5, 0.6) is 0 Å². The molecule has 1 aliphatic rings. The van der Waals surface area contributed by atoms with Gasteiger partial charge in [0.05, 0.1) is 5.52 Å². The summed E-state index contributed by atoms with van der Waals surface area (Å²) < 4.78 is 0. The standard InChI is InChI=1S/C50H33BN2/c1-3-12-32(13-4-1)34-22-25-39(26-23-34)53-46-27-24-37(33-14-5-2-6-15-33)29-44(46)51-49-47(53)31-38-18-9-10-19-40(38)48(49)42-21-11-20-41-43-28-35-16-7-8-17-36(35)30-45(43)52-50(41)42/h1-31,51-52H. The minimum absolute atomic E-state index is 0.824. The van der Waals surface area contributed by atoms with Crippen LogP contribution in [0.25, 0.3) is 76.7 Å². The Labute approximate surface area is 308 Å². The average molecular weight is 673 g/mol. The lowest BCUT2D eigenvalue weighted by Gasteiger charge is -2.35. The van der Waals surface area contributed by atoms with Gasteiger partial charge in [0.15, 0.2) is 7.28 Å². The van der Waals surface area contributed by atoms with Crippen LogP contribution in [0.3, 0.4) is 0 Å². The molecule has 0 amide bonds. The van der Waals surface area contributed by atoms with E-state index in [0.717, 1.165) is 13.0 Å². The number of nitrogens with zero attached hydrogens (tertiary/aromatic N) is 1. The van der Waals surface area contributed by atoms with Gasteiger partial charge in [0.1, 0.15) is 0 Å². The van der Waals surface area contributed by atoms with Crippen LogP contribution >= 0.6 is 0 Å². The zero-order valence-electron chi connectivity index (χ0n) is 29.1. The van der Waals surface area contributed by atoms with Gasteiger partial charge in [-0.15, -0.1) is 0 Å². The summed E-state index contributed by atoms with van der Waals surface area (Å²) in [6.45, 7) is 0. The van der Waals surface area contributed by atoms with Crippen LogP contribution in [0.4, 0.5) is 17.1 Å². The Morgan fingerprint density at radius 3 is 1.81 bits per heavy atom. The van der Waals surface area contributed by atoms with Crippen molar-refractivity contribution < 1.29 is 0 Å². The van der Waals surface area contributed by atoms with Crippen LogP contribution in [0.2, 0.25) is 0 Å². The van der Waals surface area contributed by atoms with Crippen LogP contribution < -0.4 is 15.8 Å². The van der Waals surface area contributed by atoms with E-state index < -0.39 is 0 Å². The maximum Gasteiger partial charge on any atom is 0.198 e. The summed E-state index contributed by atoms with van der Waals surface area (Å²) in [4.78, 5) is 6.40. The summed E-state index contributed by atoms with van der Waals surface area (Å²) in [6, 6.07) is 68.9. The number of anilines is 3. The van der Waals surface area contributed by atoms with E-state index in [4.69, 9.17) is 0 Å². The molecule has 0 spiro atoms. The molecule has 3 heteroatoms. The van der Waals surface area contributed by atoms with Crippen molar-refractivity contribution in [3.63, 3.8) is 0 Å². The van der Waals surface area contributed by atoms with E-state index in [1.807, 2.05) is 0 Å². The molecule has 0 saturated carbocycles.